The summed E-state index contributed by atoms with van der Waals surface area (Å²) in [5.41, 5.74) is 1.14. The fourth-order valence-electron chi connectivity index (χ4n) is 3.33. The lowest BCUT2D eigenvalue weighted by molar-refractivity contribution is -0.140. The molecule has 24 heavy (non-hydrogen) atoms. The van der Waals surface area contributed by atoms with Crippen LogP contribution in [-0.2, 0) is 9.59 Å². The summed E-state index contributed by atoms with van der Waals surface area (Å²) in [7, 11) is 1.66. The Kier molecular flexibility index (Phi) is 5.23. The van der Waals surface area contributed by atoms with Crippen LogP contribution in [0.2, 0.25) is 0 Å². The molecule has 0 aromatic heterocycles. The molecule has 2 fully saturated rings. The quantitative estimate of drug-likeness (QED) is 0.782. The van der Waals surface area contributed by atoms with Gasteiger partial charge >= 0.3 is 0 Å². The molecule has 0 spiro atoms. The number of hydrogen-bond acceptors (Lipinski definition) is 4. The third kappa shape index (κ3) is 3.80. The van der Waals surface area contributed by atoms with Crippen LogP contribution in [0.5, 0.6) is 5.75 Å². The number of piperazine rings is 1. The summed E-state index contributed by atoms with van der Waals surface area (Å²) in [6.07, 6.45) is 2.13. The molecule has 6 nitrogen and oxygen atoms in total. The van der Waals surface area contributed by atoms with Crippen LogP contribution >= 0.6 is 0 Å². The SMILES string of the molecule is COc1ccc(N2CCN(C(=O)CC(=O)N3CCCC3)CC2)cc1. The van der Waals surface area contributed by atoms with Gasteiger partial charge in [0, 0.05) is 45.0 Å². The van der Waals surface area contributed by atoms with Crippen molar-refractivity contribution < 1.29 is 14.3 Å². The fourth-order valence-corrected chi connectivity index (χ4v) is 3.33. The van der Waals surface area contributed by atoms with Gasteiger partial charge in [0.15, 0.2) is 0 Å². The van der Waals surface area contributed by atoms with E-state index in [1.54, 1.807) is 7.11 Å². The van der Waals surface area contributed by atoms with Crippen LogP contribution in [0, 0.1) is 0 Å². The lowest BCUT2D eigenvalue weighted by atomic mass is 10.2. The van der Waals surface area contributed by atoms with Crippen molar-refractivity contribution in [3.05, 3.63) is 24.3 Å². The van der Waals surface area contributed by atoms with Crippen LogP contribution in [0.3, 0.4) is 0 Å². The zero-order valence-corrected chi connectivity index (χ0v) is 14.2. The highest BCUT2D eigenvalue weighted by atomic mass is 16.5. The molecule has 2 amide bonds. The average molecular weight is 331 g/mol. The second-order valence-corrected chi connectivity index (χ2v) is 6.33. The second kappa shape index (κ2) is 7.55. The van der Waals surface area contributed by atoms with E-state index in [-0.39, 0.29) is 18.2 Å². The zero-order chi connectivity index (χ0) is 16.9. The molecule has 2 heterocycles. The minimum atomic E-state index is -0.0405. The van der Waals surface area contributed by atoms with Gasteiger partial charge in [-0.25, -0.2) is 0 Å². The molecule has 1 aromatic rings. The summed E-state index contributed by atoms with van der Waals surface area (Å²) < 4.78 is 5.18. The predicted octanol–water partition coefficient (Wildman–Crippen LogP) is 1.36. The lowest BCUT2D eigenvalue weighted by Crippen LogP contribution is -2.49. The molecular weight excluding hydrogens is 306 g/mol. The smallest absolute Gasteiger partial charge is 0.232 e. The summed E-state index contributed by atoms with van der Waals surface area (Å²) in [6.45, 7) is 4.51. The fraction of sp³-hybridized carbons (Fsp3) is 0.556. The van der Waals surface area contributed by atoms with Crippen LogP contribution in [0.1, 0.15) is 19.3 Å². The molecule has 0 aliphatic carbocycles. The van der Waals surface area contributed by atoms with Crippen molar-refractivity contribution in [3.63, 3.8) is 0 Å². The Morgan fingerprint density at radius 1 is 0.875 bits per heavy atom. The van der Waals surface area contributed by atoms with Gasteiger partial charge < -0.3 is 19.4 Å². The number of hydrogen-bond donors (Lipinski definition) is 0. The van der Waals surface area contributed by atoms with Crippen LogP contribution in [-0.4, -0.2) is 68.0 Å². The third-order valence-corrected chi connectivity index (χ3v) is 4.83. The van der Waals surface area contributed by atoms with E-state index in [0.717, 1.165) is 50.5 Å². The van der Waals surface area contributed by atoms with E-state index in [0.29, 0.717) is 13.1 Å². The van der Waals surface area contributed by atoms with Gasteiger partial charge in [-0.3, -0.25) is 9.59 Å². The number of rotatable bonds is 4. The van der Waals surface area contributed by atoms with Crippen LogP contribution in [0.15, 0.2) is 24.3 Å². The molecule has 2 saturated heterocycles. The summed E-state index contributed by atoms with van der Waals surface area (Å²) in [4.78, 5) is 30.3. The number of methoxy groups -OCH3 is 1. The molecule has 1 aromatic carbocycles. The first-order chi connectivity index (χ1) is 11.7. The number of ether oxygens (including phenoxy) is 1. The van der Waals surface area contributed by atoms with E-state index in [2.05, 4.69) is 4.90 Å². The Morgan fingerprint density at radius 2 is 1.42 bits per heavy atom. The van der Waals surface area contributed by atoms with Crippen LogP contribution in [0.25, 0.3) is 0 Å². The highest BCUT2D eigenvalue weighted by molar-refractivity contribution is 5.97. The van der Waals surface area contributed by atoms with Gasteiger partial charge in [-0.15, -0.1) is 0 Å². The maximum absolute atomic E-state index is 12.3. The summed E-state index contributed by atoms with van der Waals surface area (Å²) >= 11 is 0. The first-order valence-corrected chi connectivity index (χ1v) is 8.62. The van der Waals surface area contributed by atoms with Crippen molar-refractivity contribution in [1.82, 2.24) is 9.80 Å². The molecule has 2 aliphatic heterocycles. The number of carbonyl (C=O) groups is 2. The van der Waals surface area contributed by atoms with Crippen molar-refractivity contribution in [2.24, 2.45) is 0 Å². The molecule has 0 atom stereocenters. The molecule has 3 rings (SSSR count). The minimum absolute atomic E-state index is 0.0164. The number of benzene rings is 1. The Labute approximate surface area is 143 Å². The number of carbonyl (C=O) groups excluding carboxylic acids is 2. The van der Waals surface area contributed by atoms with E-state index >= 15 is 0 Å². The van der Waals surface area contributed by atoms with E-state index in [1.165, 1.54) is 0 Å². The largest absolute Gasteiger partial charge is 0.497 e. The molecule has 6 heteroatoms. The average Bonchev–Trinajstić information content (AvgIpc) is 3.17. The van der Waals surface area contributed by atoms with E-state index in [4.69, 9.17) is 4.74 Å². The van der Waals surface area contributed by atoms with E-state index < -0.39 is 0 Å². The minimum Gasteiger partial charge on any atom is -0.497 e. The van der Waals surface area contributed by atoms with Crippen molar-refractivity contribution >= 4 is 17.5 Å². The summed E-state index contributed by atoms with van der Waals surface area (Å²) in [6, 6.07) is 7.96. The molecule has 0 unspecified atom stereocenters. The highest BCUT2D eigenvalue weighted by Gasteiger charge is 2.26. The third-order valence-electron chi connectivity index (χ3n) is 4.83. The number of anilines is 1. The number of amides is 2. The molecule has 0 radical (unpaired) electrons. The lowest BCUT2D eigenvalue weighted by Gasteiger charge is -2.36. The molecule has 130 valence electrons. The van der Waals surface area contributed by atoms with Crippen LogP contribution < -0.4 is 9.64 Å². The van der Waals surface area contributed by atoms with E-state index in [1.807, 2.05) is 34.1 Å². The topological polar surface area (TPSA) is 53.1 Å². The Bertz CT molecular complexity index is 574. The highest BCUT2D eigenvalue weighted by Crippen LogP contribution is 2.20. The predicted molar refractivity (Wildman–Crippen MR) is 92.2 cm³/mol. The van der Waals surface area contributed by atoms with Gasteiger partial charge in [0.25, 0.3) is 0 Å². The second-order valence-electron chi connectivity index (χ2n) is 6.33. The number of likely N-dealkylation sites (tertiary alicyclic amines) is 1. The standard InChI is InChI=1S/C18H25N3O3/c1-24-16-6-4-15(5-7-16)19-10-12-21(13-11-19)18(23)14-17(22)20-8-2-3-9-20/h4-7H,2-3,8-14H2,1H3. The maximum atomic E-state index is 12.3. The van der Waals surface area contributed by atoms with Crippen LogP contribution in [0.4, 0.5) is 5.69 Å². The normalized spacial score (nSPS) is 18.0. The molecule has 0 bridgehead atoms. The van der Waals surface area contributed by atoms with Crippen molar-refractivity contribution in [1.29, 1.82) is 0 Å². The maximum Gasteiger partial charge on any atom is 0.232 e. The Balaban J connectivity index is 1.48. The zero-order valence-electron chi connectivity index (χ0n) is 14.2. The molecule has 0 N–H and O–H groups in total. The van der Waals surface area contributed by atoms with Gasteiger partial charge in [-0.1, -0.05) is 0 Å². The van der Waals surface area contributed by atoms with Gasteiger partial charge in [-0.2, -0.15) is 0 Å². The van der Waals surface area contributed by atoms with Gasteiger partial charge in [-0.05, 0) is 37.1 Å². The molecule has 0 saturated carbocycles. The molecular formula is C18H25N3O3. The van der Waals surface area contributed by atoms with Crippen molar-refractivity contribution in [2.45, 2.75) is 19.3 Å². The van der Waals surface area contributed by atoms with Crippen molar-refractivity contribution in [3.8, 4) is 5.75 Å². The molecule has 2 aliphatic rings. The Hall–Kier alpha value is -2.24. The van der Waals surface area contributed by atoms with Gasteiger partial charge in [0.05, 0.1) is 7.11 Å². The van der Waals surface area contributed by atoms with Gasteiger partial charge in [0.2, 0.25) is 11.8 Å². The van der Waals surface area contributed by atoms with Gasteiger partial charge in [0.1, 0.15) is 12.2 Å². The number of nitrogens with zero attached hydrogens (tertiary/aromatic N) is 3. The summed E-state index contributed by atoms with van der Waals surface area (Å²) in [5, 5.41) is 0. The van der Waals surface area contributed by atoms with E-state index in [9.17, 15) is 9.59 Å². The Morgan fingerprint density at radius 3 is 1.96 bits per heavy atom. The monoisotopic (exact) mass is 331 g/mol. The van der Waals surface area contributed by atoms with Crippen molar-refractivity contribution in [2.75, 3.05) is 51.3 Å². The first kappa shape index (κ1) is 16.6. The first-order valence-electron chi connectivity index (χ1n) is 8.62. The summed E-state index contributed by atoms with van der Waals surface area (Å²) in [5.74, 6) is 0.782.